The molecule has 0 aromatic heterocycles. The van der Waals surface area contributed by atoms with E-state index in [1.54, 1.807) is 38.2 Å². The van der Waals surface area contributed by atoms with Gasteiger partial charge in [0.2, 0.25) is 0 Å². The van der Waals surface area contributed by atoms with Crippen molar-refractivity contribution in [1.29, 1.82) is 0 Å². The number of carbonyl (C=O) groups is 1. The lowest BCUT2D eigenvalue weighted by Gasteiger charge is -2.07. The van der Waals surface area contributed by atoms with Gasteiger partial charge in [0.15, 0.2) is 0 Å². The average molecular weight is 304 g/mol. The van der Waals surface area contributed by atoms with Gasteiger partial charge in [-0.2, -0.15) is 0 Å². The maximum absolute atomic E-state index is 11.3. The van der Waals surface area contributed by atoms with Crippen LogP contribution >= 0.6 is 0 Å². The second-order valence-electron chi connectivity index (χ2n) is 4.95. The minimum atomic E-state index is -0.771. The van der Waals surface area contributed by atoms with Crippen molar-refractivity contribution in [3.05, 3.63) is 24.3 Å². The van der Waals surface area contributed by atoms with Crippen molar-refractivity contribution < 1.29 is 19.7 Å². The fourth-order valence-corrected chi connectivity index (χ4v) is 1.46. The summed E-state index contributed by atoms with van der Waals surface area (Å²) in [5.74, 6) is 7.43. The summed E-state index contributed by atoms with van der Waals surface area (Å²) < 4.78 is 4.99. The Morgan fingerprint density at radius 1 is 1.32 bits per heavy atom. The maximum Gasteiger partial charge on any atom is 0.306 e. The first-order valence-corrected chi connectivity index (χ1v) is 7.29. The number of esters is 1. The number of allylic oxidation sites excluding steroid dienone is 3. The molecule has 120 valence electrons. The van der Waals surface area contributed by atoms with E-state index in [1.165, 1.54) is 0 Å². The van der Waals surface area contributed by atoms with Crippen molar-refractivity contribution in [1.82, 2.24) is 0 Å². The highest BCUT2D eigenvalue weighted by Gasteiger charge is 2.06. The monoisotopic (exact) mass is 304 g/mol. The summed E-state index contributed by atoms with van der Waals surface area (Å²) in [6.45, 7) is 3.59. The Kier molecular flexibility index (Phi) is 11.5. The normalized spacial score (nSPS) is 13.6. The smallest absolute Gasteiger partial charge is 0.306 e. The quantitative estimate of drug-likeness (QED) is 0.409. The molecule has 0 heterocycles. The molecule has 0 amide bonds. The van der Waals surface area contributed by atoms with E-state index in [0.717, 1.165) is 0 Å². The fourth-order valence-electron chi connectivity index (χ4n) is 1.46. The van der Waals surface area contributed by atoms with E-state index in [1.807, 2.05) is 0 Å². The SMILES string of the molecule is C#CCC(O)C=CC=CC#CC(O)CCCC(=O)OC(C)C. The average Bonchev–Trinajstić information content (AvgIpc) is 2.42. The van der Waals surface area contributed by atoms with Gasteiger partial charge < -0.3 is 14.9 Å². The number of terminal acetylenes is 1. The summed E-state index contributed by atoms with van der Waals surface area (Å²) in [7, 11) is 0. The number of ether oxygens (including phenoxy) is 1. The van der Waals surface area contributed by atoms with Crippen molar-refractivity contribution in [3.8, 4) is 24.2 Å². The molecule has 0 aliphatic rings. The summed E-state index contributed by atoms with van der Waals surface area (Å²) in [4.78, 5) is 11.3. The van der Waals surface area contributed by atoms with Crippen LogP contribution in [-0.4, -0.2) is 34.5 Å². The molecule has 4 heteroatoms. The summed E-state index contributed by atoms with van der Waals surface area (Å²) in [6.07, 6.45) is 11.4. The van der Waals surface area contributed by atoms with Crippen molar-refractivity contribution in [3.63, 3.8) is 0 Å². The first-order chi connectivity index (χ1) is 10.5. The van der Waals surface area contributed by atoms with E-state index in [2.05, 4.69) is 17.8 Å². The molecule has 0 bridgehead atoms. The molecule has 2 unspecified atom stereocenters. The van der Waals surface area contributed by atoms with Gasteiger partial charge in [-0.25, -0.2) is 0 Å². The molecule has 4 nitrogen and oxygen atoms in total. The molecule has 0 fully saturated rings. The van der Waals surface area contributed by atoms with Crippen LogP contribution in [0.4, 0.5) is 0 Å². The first kappa shape index (κ1) is 20.0. The summed E-state index contributed by atoms with van der Waals surface area (Å²) >= 11 is 0. The third-order valence-electron chi connectivity index (χ3n) is 2.43. The molecule has 22 heavy (non-hydrogen) atoms. The van der Waals surface area contributed by atoms with Crippen LogP contribution in [0.25, 0.3) is 0 Å². The number of aliphatic hydroxyl groups is 2. The molecule has 0 saturated carbocycles. The molecule has 0 saturated heterocycles. The van der Waals surface area contributed by atoms with Crippen molar-refractivity contribution in [2.75, 3.05) is 0 Å². The Morgan fingerprint density at radius 2 is 2.05 bits per heavy atom. The summed E-state index contributed by atoms with van der Waals surface area (Å²) in [5.41, 5.74) is 0. The van der Waals surface area contributed by atoms with E-state index in [4.69, 9.17) is 11.2 Å². The molecular weight excluding hydrogens is 280 g/mol. The number of rotatable bonds is 8. The number of hydrogen-bond acceptors (Lipinski definition) is 4. The van der Waals surface area contributed by atoms with Crippen LogP contribution in [0, 0.1) is 24.2 Å². The minimum Gasteiger partial charge on any atom is -0.463 e. The zero-order valence-corrected chi connectivity index (χ0v) is 13.2. The molecule has 0 spiro atoms. The third kappa shape index (κ3) is 13.0. The van der Waals surface area contributed by atoms with Crippen LogP contribution in [0.5, 0.6) is 0 Å². The van der Waals surface area contributed by atoms with E-state index in [9.17, 15) is 15.0 Å². The minimum absolute atomic E-state index is 0.116. The summed E-state index contributed by atoms with van der Waals surface area (Å²) in [6, 6.07) is 0. The Bertz CT molecular complexity index is 472. The largest absolute Gasteiger partial charge is 0.463 e. The Balaban J connectivity index is 3.92. The van der Waals surface area contributed by atoms with Gasteiger partial charge in [0.25, 0.3) is 0 Å². The van der Waals surface area contributed by atoms with E-state index in [0.29, 0.717) is 12.8 Å². The highest BCUT2D eigenvalue weighted by Crippen LogP contribution is 2.03. The van der Waals surface area contributed by atoms with Crippen LogP contribution < -0.4 is 0 Å². The number of hydrogen-bond donors (Lipinski definition) is 2. The van der Waals surface area contributed by atoms with Crippen LogP contribution in [0.3, 0.4) is 0 Å². The van der Waals surface area contributed by atoms with Gasteiger partial charge in [-0.3, -0.25) is 4.79 Å². The van der Waals surface area contributed by atoms with E-state index in [-0.39, 0.29) is 24.9 Å². The van der Waals surface area contributed by atoms with Crippen LogP contribution in [0.15, 0.2) is 24.3 Å². The van der Waals surface area contributed by atoms with Gasteiger partial charge >= 0.3 is 5.97 Å². The molecule has 0 aliphatic heterocycles. The van der Waals surface area contributed by atoms with Crippen molar-refractivity contribution >= 4 is 5.97 Å². The van der Waals surface area contributed by atoms with E-state index >= 15 is 0 Å². The maximum atomic E-state index is 11.3. The van der Waals surface area contributed by atoms with Crippen molar-refractivity contribution in [2.45, 2.75) is 57.8 Å². The van der Waals surface area contributed by atoms with Gasteiger partial charge in [-0.1, -0.05) is 30.1 Å². The first-order valence-electron chi connectivity index (χ1n) is 7.29. The molecular formula is C18H24O4. The predicted molar refractivity (Wildman–Crippen MR) is 86.6 cm³/mol. The second kappa shape index (κ2) is 12.7. The molecule has 0 radical (unpaired) electrons. The molecule has 0 aromatic carbocycles. The molecule has 0 aliphatic carbocycles. The van der Waals surface area contributed by atoms with Gasteiger partial charge in [0, 0.05) is 12.8 Å². The highest BCUT2D eigenvalue weighted by molar-refractivity contribution is 5.69. The topological polar surface area (TPSA) is 66.8 Å². The van der Waals surface area contributed by atoms with Gasteiger partial charge in [0.05, 0.1) is 12.2 Å². The Labute approximate surface area is 132 Å². The lowest BCUT2D eigenvalue weighted by molar-refractivity contribution is -0.147. The molecule has 2 N–H and O–H groups in total. The van der Waals surface area contributed by atoms with Gasteiger partial charge in [0.1, 0.15) is 6.10 Å². The lowest BCUT2D eigenvalue weighted by atomic mass is 10.1. The number of carbonyl (C=O) groups excluding carboxylic acids is 1. The second-order valence-corrected chi connectivity index (χ2v) is 4.95. The molecule has 2 atom stereocenters. The van der Waals surface area contributed by atoms with Crippen molar-refractivity contribution in [2.24, 2.45) is 0 Å². The Hall–Kier alpha value is -2.01. The van der Waals surface area contributed by atoms with Gasteiger partial charge in [-0.15, -0.1) is 12.3 Å². The standard InChI is InChI=1S/C18H24O4/c1-4-10-16(19)11-7-5-6-8-12-17(20)13-9-14-18(21)22-15(2)3/h1,5-7,11,15-17,19-20H,9-10,13-14H2,2-3H3. The zero-order chi connectivity index (χ0) is 16.8. The van der Waals surface area contributed by atoms with Crippen LogP contribution in [0.1, 0.15) is 39.5 Å². The molecule has 0 rings (SSSR count). The predicted octanol–water partition coefficient (Wildman–Crippen LogP) is 1.97. The number of aliphatic hydroxyl groups excluding tert-OH is 2. The third-order valence-corrected chi connectivity index (χ3v) is 2.43. The molecule has 0 aromatic rings. The highest BCUT2D eigenvalue weighted by atomic mass is 16.5. The zero-order valence-electron chi connectivity index (χ0n) is 13.2. The van der Waals surface area contributed by atoms with Gasteiger partial charge in [-0.05, 0) is 32.8 Å². The lowest BCUT2D eigenvalue weighted by Crippen LogP contribution is -2.12. The summed E-state index contributed by atoms with van der Waals surface area (Å²) in [5, 5.41) is 18.9. The van der Waals surface area contributed by atoms with Crippen LogP contribution in [-0.2, 0) is 9.53 Å². The van der Waals surface area contributed by atoms with E-state index < -0.39 is 12.2 Å². The van der Waals surface area contributed by atoms with Crippen LogP contribution in [0.2, 0.25) is 0 Å². The fraction of sp³-hybridized carbons (Fsp3) is 0.500. The Morgan fingerprint density at radius 3 is 2.68 bits per heavy atom.